The van der Waals surface area contributed by atoms with E-state index in [1.807, 2.05) is 23.5 Å². The molecule has 144 valence electrons. The van der Waals surface area contributed by atoms with Crippen LogP contribution in [0.2, 0.25) is 0 Å². The summed E-state index contributed by atoms with van der Waals surface area (Å²) in [6.07, 6.45) is 6.96. The van der Waals surface area contributed by atoms with Crippen LogP contribution in [0.15, 0.2) is 40.1 Å². The molecule has 0 bridgehead atoms. The van der Waals surface area contributed by atoms with E-state index in [1.165, 1.54) is 24.1 Å². The van der Waals surface area contributed by atoms with Crippen molar-refractivity contribution in [3.05, 3.63) is 52.1 Å². The minimum atomic E-state index is -0.0388. The highest BCUT2D eigenvalue weighted by Gasteiger charge is 2.36. The first-order valence-electron chi connectivity index (χ1n) is 9.98. The molecule has 0 spiro atoms. The van der Waals surface area contributed by atoms with Gasteiger partial charge >= 0.3 is 0 Å². The van der Waals surface area contributed by atoms with Crippen molar-refractivity contribution in [2.45, 2.75) is 38.6 Å². The summed E-state index contributed by atoms with van der Waals surface area (Å²) >= 11 is 1.82. The van der Waals surface area contributed by atoms with Gasteiger partial charge in [0.25, 0.3) is 0 Å². The minimum absolute atomic E-state index is 0.0388. The van der Waals surface area contributed by atoms with Gasteiger partial charge in [0.05, 0.1) is 0 Å². The van der Waals surface area contributed by atoms with Crippen LogP contribution in [-0.2, 0) is 11.3 Å². The van der Waals surface area contributed by atoms with E-state index in [2.05, 4.69) is 34.7 Å². The van der Waals surface area contributed by atoms with Crippen molar-refractivity contribution in [3.8, 4) is 0 Å². The topological polar surface area (TPSA) is 45.5 Å². The smallest absolute Gasteiger partial charge is 0.244 e. The van der Waals surface area contributed by atoms with Crippen molar-refractivity contribution in [3.63, 3.8) is 0 Å². The van der Waals surface area contributed by atoms with Crippen LogP contribution in [0.5, 0.6) is 0 Å². The lowest BCUT2D eigenvalue weighted by molar-refractivity contribution is -0.116. The fourth-order valence-corrected chi connectivity index (χ4v) is 4.67. The minimum Gasteiger partial charge on any atom is -0.461 e. The molecule has 1 amide bonds. The number of piperidine rings is 1. The largest absolute Gasteiger partial charge is 0.461 e. The van der Waals surface area contributed by atoms with Gasteiger partial charge in [-0.15, -0.1) is 11.3 Å². The number of hydrogen-bond donors (Lipinski definition) is 1. The lowest BCUT2D eigenvalue weighted by Gasteiger charge is -2.32. The van der Waals surface area contributed by atoms with Crippen LogP contribution in [0.1, 0.15) is 48.5 Å². The van der Waals surface area contributed by atoms with Gasteiger partial charge in [0.15, 0.2) is 0 Å². The lowest BCUT2D eigenvalue weighted by atomic mass is 9.98. The molecule has 5 heteroatoms. The van der Waals surface area contributed by atoms with E-state index in [4.69, 9.17) is 4.42 Å². The zero-order chi connectivity index (χ0) is 18.6. The first-order valence-corrected chi connectivity index (χ1v) is 10.9. The molecular weight excluding hydrogens is 356 g/mol. The second-order valence-electron chi connectivity index (χ2n) is 7.96. The fourth-order valence-electron chi connectivity index (χ4n) is 3.92. The number of nitrogens with zero attached hydrogens (tertiary/aromatic N) is 1. The molecule has 1 saturated carbocycles. The number of rotatable bonds is 7. The van der Waals surface area contributed by atoms with Crippen LogP contribution in [-0.4, -0.2) is 30.4 Å². The Labute approximate surface area is 165 Å². The highest BCUT2D eigenvalue weighted by atomic mass is 32.1. The highest BCUT2D eigenvalue weighted by Crippen LogP contribution is 2.47. The Balaban J connectivity index is 1.21. The summed E-state index contributed by atoms with van der Waals surface area (Å²) < 4.78 is 5.81. The Hall–Kier alpha value is -1.85. The molecule has 2 aromatic rings. The van der Waals surface area contributed by atoms with E-state index in [-0.39, 0.29) is 5.91 Å². The molecule has 1 saturated heterocycles. The molecule has 0 radical (unpaired) electrons. The number of likely N-dealkylation sites (tertiary alicyclic amines) is 1. The van der Waals surface area contributed by atoms with Crippen LogP contribution in [0.3, 0.4) is 0 Å². The van der Waals surface area contributed by atoms with Gasteiger partial charge < -0.3 is 9.73 Å². The molecule has 3 unspecified atom stereocenters. The normalized spacial score (nSPS) is 25.7. The number of thiophene rings is 1. The first-order chi connectivity index (χ1) is 13.2. The third-order valence-electron chi connectivity index (χ3n) is 5.65. The molecule has 0 aromatic carbocycles. The van der Waals surface area contributed by atoms with Crippen LogP contribution < -0.4 is 5.32 Å². The zero-order valence-corrected chi connectivity index (χ0v) is 16.7. The Morgan fingerprint density at radius 2 is 2.30 bits per heavy atom. The van der Waals surface area contributed by atoms with E-state index < -0.39 is 0 Å². The van der Waals surface area contributed by atoms with Crippen LogP contribution in [0.25, 0.3) is 6.08 Å². The van der Waals surface area contributed by atoms with Gasteiger partial charge in [-0.05, 0) is 67.3 Å². The molecule has 2 aromatic heterocycles. The number of hydrogen-bond acceptors (Lipinski definition) is 4. The standard InChI is InChI=1S/C22H28N2O2S/c1-16-12-20(16)21-8-6-18(26-21)7-9-22(25)23-13-17-4-2-10-24(14-17)15-19-5-3-11-27-19/h3,5-9,11,16-17,20H,2,4,10,12-15H2,1H3,(H,23,25)/b9-7+. The molecule has 3 heterocycles. The fraction of sp³-hybridized carbons (Fsp3) is 0.500. The number of carbonyl (C=O) groups excluding carboxylic acids is 1. The molecule has 2 fully saturated rings. The van der Waals surface area contributed by atoms with Gasteiger partial charge in [0, 0.05) is 36.5 Å². The maximum atomic E-state index is 12.2. The van der Waals surface area contributed by atoms with Gasteiger partial charge in [-0.1, -0.05) is 13.0 Å². The van der Waals surface area contributed by atoms with Crippen molar-refractivity contribution in [1.82, 2.24) is 10.2 Å². The van der Waals surface area contributed by atoms with Gasteiger partial charge in [-0.2, -0.15) is 0 Å². The summed E-state index contributed by atoms with van der Waals surface area (Å²) in [6.45, 7) is 6.23. The average Bonchev–Trinajstić information content (AvgIpc) is 3.07. The molecule has 1 aliphatic heterocycles. The molecule has 1 aliphatic carbocycles. The molecule has 4 rings (SSSR count). The van der Waals surface area contributed by atoms with Crippen molar-refractivity contribution < 1.29 is 9.21 Å². The Morgan fingerprint density at radius 3 is 3.07 bits per heavy atom. The monoisotopic (exact) mass is 384 g/mol. The Bertz CT molecular complexity index is 780. The number of furan rings is 1. The third kappa shape index (κ3) is 5.11. The maximum absolute atomic E-state index is 12.2. The average molecular weight is 385 g/mol. The van der Waals surface area contributed by atoms with Crippen LogP contribution >= 0.6 is 11.3 Å². The Kier molecular flexibility index (Phi) is 5.79. The second kappa shape index (κ2) is 8.44. The first kappa shape index (κ1) is 18.5. The van der Waals surface area contributed by atoms with E-state index in [9.17, 15) is 4.79 Å². The van der Waals surface area contributed by atoms with Gasteiger partial charge in [-0.3, -0.25) is 9.69 Å². The van der Waals surface area contributed by atoms with E-state index in [0.717, 1.165) is 43.6 Å². The summed E-state index contributed by atoms with van der Waals surface area (Å²) in [5.74, 6) is 3.61. The van der Waals surface area contributed by atoms with Crippen molar-refractivity contribution in [1.29, 1.82) is 0 Å². The van der Waals surface area contributed by atoms with Crippen molar-refractivity contribution in [2.75, 3.05) is 19.6 Å². The molecule has 1 N–H and O–H groups in total. The van der Waals surface area contributed by atoms with Crippen molar-refractivity contribution in [2.24, 2.45) is 11.8 Å². The van der Waals surface area contributed by atoms with Gasteiger partial charge in [0.1, 0.15) is 11.5 Å². The van der Waals surface area contributed by atoms with E-state index >= 15 is 0 Å². The predicted molar refractivity (Wildman–Crippen MR) is 110 cm³/mol. The highest BCUT2D eigenvalue weighted by molar-refractivity contribution is 7.09. The maximum Gasteiger partial charge on any atom is 0.244 e. The number of amides is 1. The Morgan fingerprint density at radius 1 is 1.41 bits per heavy atom. The quantitative estimate of drug-likeness (QED) is 0.715. The predicted octanol–water partition coefficient (Wildman–Crippen LogP) is 4.51. The van der Waals surface area contributed by atoms with E-state index in [1.54, 1.807) is 12.2 Å². The number of nitrogens with one attached hydrogen (secondary N) is 1. The van der Waals surface area contributed by atoms with E-state index in [0.29, 0.717) is 11.8 Å². The van der Waals surface area contributed by atoms with Crippen molar-refractivity contribution >= 4 is 23.3 Å². The molecule has 4 nitrogen and oxygen atoms in total. The summed E-state index contributed by atoms with van der Waals surface area (Å²) in [4.78, 5) is 16.1. The number of carbonyl (C=O) groups is 1. The second-order valence-corrected chi connectivity index (χ2v) is 8.99. The zero-order valence-electron chi connectivity index (χ0n) is 15.9. The SMILES string of the molecule is CC1CC1c1ccc(/C=C/C(=O)NCC2CCCN(Cc3cccs3)C2)o1. The molecule has 27 heavy (non-hydrogen) atoms. The van der Waals surface area contributed by atoms with Gasteiger partial charge in [-0.25, -0.2) is 0 Å². The van der Waals surface area contributed by atoms with Crippen LogP contribution in [0.4, 0.5) is 0 Å². The summed E-state index contributed by atoms with van der Waals surface area (Å²) in [5, 5.41) is 5.19. The van der Waals surface area contributed by atoms with Crippen LogP contribution in [0, 0.1) is 11.8 Å². The molecular formula is C22H28N2O2S. The summed E-state index contributed by atoms with van der Waals surface area (Å²) in [5.41, 5.74) is 0. The molecule has 2 aliphatic rings. The van der Waals surface area contributed by atoms with Gasteiger partial charge in [0.2, 0.25) is 5.91 Å². The summed E-state index contributed by atoms with van der Waals surface area (Å²) in [6, 6.07) is 8.30. The summed E-state index contributed by atoms with van der Waals surface area (Å²) in [7, 11) is 0. The lowest BCUT2D eigenvalue weighted by Crippen LogP contribution is -2.40. The third-order valence-corrected chi connectivity index (χ3v) is 6.51. The molecule has 3 atom stereocenters.